The summed E-state index contributed by atoms with van der Waals surface area (Å²) in [4.78, 5) is 21.0. The van der Waals surface area contributed by atoms with Crippen LogP contribution in [0.15, 0.2) is 0 Å². The number of aliphatic carboxylic acids is 1. The Morgan fingerprint density at radius 1 is 1.43 bits per heavy atom. The maximum absolute atomic E-state index is 10.6. The van der Waals surface area contributed by atoms with Crippen LogP contribution in [0, 0.1) is 0 Å². The lowest BCUT2D eigenvalue weighted by Gasteiger charge is -2.11. The van der Waals surface area contributed by atoms with Crippen LogP contribution in [0.2, 0.25) is 0 Å². The Morgan fingerprint density at radius 2 is 2.07 bits per heavy atom. The maximum atomic E-state index is 10.6. The normalized spacial score (nSPS) is 12.1. The summed E-state index contributed by atoms with van der Waals surface area (Å²) in [5, 5.41) is 10.9. The van der Waals surface area contributed by atoms with Crippen molar-refractivity contribution in [2.75, 3.05) is 6.54 Å². The summed E-state index contributed by atoms with van der Waals surface area (Å²) in [6, 6.07) is -1.67. The molecule has 1 unspecified atom stereocenters. The molecule has 1 atom stereocenters. The topological polar surface area (TPSA) is 104 Å². The Bertz CT molecular complexity index is 201. The van der Waals surface area contributed by atoms with Gasteiger partial charge >= 0.3 is 12.0 Å². The van der Waals surface area contributed by atoms with Gasteiger partial charge in [-0.3, -0.25) is 3.53 Å². The first-order valence-corrected chi connectivity index (χ1v) is 5.28. The van der Waals surface area contributed by atoms with Crippen LogP contribution in [0.3, 0.4) is 0 Å². The van der Waals surface area contributed by atoms with Gasteiger partial charge in [0.1, 0.15) is 6.04 Å². The number of unbranched alkanes of at least 4 members (excludes halogenated alkanes) is 1. The molecule has 82 valence electrons. The molecule has 0 fully saturated rings. The van der Waals surface area contributed by atoms with Gasteiger partial charge in [-0.1, -0.05) is 0 Å². The molecule has 0 saturated carbocycles. The fourth-order valence-electron chi connectivity index (χ4n) is 0.969. The quantitative estimate of drug-likeness (QED) is 0.306. The lowest BCUT2D eigenvalue weighted by molar-refractivity contribution is -0.139. The molecule has 0 aliphatic rings. The van der Waals surface area contributed by atoms with E-state index in [2.05, 4.69) is 8.85 Å². The van der Waals surface area contributed by atoms with Crippen molar-refractivity contribution < 1.29 is 14.7 Å². The number of hydrogen-bond donors (Lipinski definition) is 4. The maximum Gasteiger partial charge on any atom is 0.326 e. The molecule has 14 heavy (non-hydrogen) atoms. The molecule has 0 aromatic rings. The zero-order chi connectivity index (χ0) is 11.0. The summed E-state index contributed by atoms with van der Waals surface area (Å²) < 4.78 is 2.92. The van der Waals surface area contributed by atoms with E-state index in [-0.39, 0.29) is 0 Å². The molecular formula is C7H14IN3O3. The number of primary amides is 1. The smallest absolute Gasteiger partial charge is 0.326 e. The van der Waals surface area contributed by atoms with Gasteiger partial charge in [-0.25, -0.2) is 9.59 Å². The van der Waals surface area contributed by atoms with Crippen LogP contribution < -0.4 is 14.6 Å². The number of nitrogens with two attached hydrogens (primary N) is 1. The second-order valence-electron chi connectivity index (χ2n) is 2.78. The first-order valence-electron chi connectivity index (χ1n) is 4.20. The number of carboxylic acids is 1. The number of carboxylic acid groups (broad SMARTS) is 1. The van der Waals surface area contributed by atoms with Crippen LogP contribution in [0.25, 0.3) is 0 Å². The number of carbonyl (C=O) groups excluding carboxylic acids is 1. The standard InChI is InChI=1S/C7H14IN3O3/c8-10-4-2-1-3-5(6(12)13)11-7(9)14/h5,10H,1-4H2,(H,12,13)(H3,9,11,14). The van der Waals surface area contributed by atoms with E-state index < -0.39 is 18.0 Å². The van der Waals surface area contributed by atoms with Crippen molar-refractivity contribution in [1.29, 1.82) is 0 Å². The van der Waals surface area contributed by atoms with E-state index in [9.17, 15) is 9.59 Å². The summed E-state index contributed by atoms with van der Waals surface area (Å²) in [5.74, 6) is -1.05. The van der Waals surface area contributed by atoms with Crippen molar-refractivity contribution in [3.63, 3.8) is 0 Å². The second kappa shape index (κ2) is 7.80. The Balaban J connectivity index is 3.74. The summed E-state index contributed by atoms with van der Waals surface area (Å²) >= 11 is 2.02. The first-order chi connectivity index (χ1) is 6.57. The molecule has 2 amide bonds. The molecule has 0 spiro atoms. The molecular weight excluding hydrogens is 301 g/mol. The fraction of sp³-hybridized carbons (Fsp3) is 0.714. The molecule has 0 aliphatic carbocycles. The fourth-order valence-corrected chi connectivity index (χ4v) is 1.35. The zero-order valence-corrected chi connectivity index (χ0v) is 9.78. The van der Waals surface area contributed by atoms with Gasteiger partial charge in [-0.15, -0.1) is 0 Å². The van der Waals surface area contributed by atoms with Gasteiger partial charge in [0.05, 0.1) is 0 Å². The van der Waals surface area contributed by atoms with E-state index in [1.807, 2.05) is 22.9 Å². The number of rotatable bonds is 7. The van der Waals surface area contributed by atoms with Crippen molar-refractivity contribution in [3.05, 3.63) is 0 Å². The Hall–Kier alpha value is -0.570. The average molecular weight is 315 g/mol. The number of hydrogen-bond acceptors (Lipinski definition) is 3. The van der Waals surface area contributed by atoms with E-state index in [0.29, 0.717) is 6.42 Å². The minimum atomic E-state index is -1.05. The molecule has 0 aromatic heterocycles. The Morgan fingerprint density at radius 3 is 2.50 bits per heavy atom. The third-order valence-corrected chi connectivity index (χ3v) is 2.17. The molecule has 0 radical (unpaired) electrons. The zero-order valence-electron chi connectivity index (χ0n) is 7.62. The predicted octanol–water partition coefficient (Wildman–Crippen LogP) is 0.218. The predicted molar refractivity (Wildman–Crippen MR) is 60.0 cm³/mol. The molecule has 7 heteroatoms. The van der Waals surface area contributed by atoms with E-state index in [4.69, 9.17) is 10.8 Å². The highest BCUT2D eigenvalue weighted by molar-refractivity contribution is 14.1. The minimum absolute atomic E-state index is 0.399. The summed E-state index contributed by atoms with van der Waals surface area (Å²) in [6.45, 7) is 0.823. The highest BCUT2D eigenvalue weighted by Crippen LogP contribution is 2.01. The van der Waals surface area contributed by atoms with Crippen molar-refractivity contribution in [3.8, 4) is 0 Å². The Kier molecular flexibility index (Phi) is 7.48. The number of amides is 2. The van der Waals surface area contributed by atoms with Gasteiger partial charge in [0.25, 0.3) is 0 Å². The van der Waals surface area contributed by atoms with Gasteiger partial charge < -0.3 is 16.2 Å². The van der Waals surface area contributed by atoms with Gasteiger partial charge in [0.15, 0.2) is 0 Å². The SMILES string of the molecule is NC(=O)NC(CCCCNI)C(=O)O. The number of urea groups is 1. The van der Waals surface area contributed by atoms with E-state index in [1.165, 1.54) is 0 Å². The third kappa shape index (κ3) is 6.89. The lowest BCUT2D eigenvalue weighted by atomic mass is 10.1. The molecule has 0 aliphatic heterocycles. The van der Waals surface area contributed by atoms with Gasteiger partial charge in [0.2, 0.25) is 0 Å². The summed E-state index contributed by atoms with van der Waals surface area (Å²) in [5.41, 5.74) is 4.83. The van der Waals surface area contributed by atoms with Crippen molar-refractivity contribution in [2.24, 2.45) is 5.73 Å². The highest BCUT2D eigenvalue weighted by Gasteiger charge is 2.17. The molecule has 0 rings (SSSR count). The molecule has 0 heterocycles. The van der Waals surface area contributed by atoms with Gasteiger partial charge in [-0.2, -0.15) is 0 Å². The molecule has 0 bridgehead atoms. The largest absolute Gasteiger partial charge is 0.480 e. The number of nitrogens with one attached hydrogen (secondary N) is 2. The van der Waals surface area contributed by atoms with Crippen molar-refractivity contribution in [2.45, 2.75) is 25.3 Å². The molecule has 5 N–H and O–H groups in total. The average Bonchev–Trinajstić information content (AvgIpc) is 2.09. The van der Waals surface area contributed by atoms with Crippen LogP contribution in [-0.4, -0.2) is 29.7 Å². The van der Waals surface area contributed by atoms with Gasteiger partial charge in [0, 0.05) is 29.4 Å². The monoisotopic (exact) mass is 315 g/mol. The minimum Gasteiger partial charge on any atom is -0.480 e. The van der Waals surface area contributed by atoms with Crippen LogP contribution in [-0.2, 0) is 4.79 Å². The van der Waals surface area contributed by atoms with Gasteiger partial charge in [-0.05, 0) is 19.3 Å². The molecule has 0 aromatic carbocycles. The summed E-state index contributed by atoms with van der Waals surface area (Å²) in [7, 11) is 0. The second-order valence-corrected chi connectivity index (χ2v) is 3.54. The van der Waals surface area contributed by atoms with Crippen LogP contribution in [0.4, 0.5) is 4.79 Å². The van der Waals surface area contributed by atoms with Crippen LogP contribution in [0.1, 0.15) is 19.3 Å². The highest BCUT2D eigenvalue weighted by atomic mass is 127. The van der Waals surface area contributed by atoms with E-state index in [1.54, 1.807) is 0 Å². The van der Waals surface area contributed by atoms with Crippen LogP contribution >= 0.6 is 22.9 Å². The first kappa shape index (κ1) is 13.4. The summed E-state index contributed by atoms with van der Waals surface area (Å²) in [6.07, 6.45) is 2.00. The van der Waals surface area contributed by atoms with Crippen LogP contribution in [0.5, 0.6) is 0 Å². The number of carbonyl (C=O) groups is 2. The van der Waals surface area contributed by atoms with Crippen molar-refractivity contribution >= 4 is 34.9 Å². The molecule has 0 saturated heterocycles. The lowest BCUT2D eigenvalue weighted by Crippen LogP contribution is -2.43. The molecule has 6 nitrogen and oxygen atoms in total. The number of halogens is 1. The van der Waals surface area contributed by atoms with E-state index >= 15 is 0 Å². The van der Waals surface area contributed by atoms with E-state index in [0.717, 1.165) is 19.4 Å². The van der Waals surface area contributed by atoms with Crippen molar-refractivity contribution in [1.82, 2.24) is 8.85 Å². The Labute approximate surface area is 96.1 Å². The third-order valence-electron chi connectivity index (χ3n) is 1.63.